The third-order valence-corrected chi connectivity index (χ3v) is 3.65. The number of halogens is 2. The maximum absolute atomic E-state index is 13.8. The number of nitrogens with one attached hydrogen (secondary N) is 1. The van der Waals surface area contributed by atoms with E-state index < -0.39 is 22.5 Å². The Hall–Kier alpha value is -1.80. The Morgan fingerprint density at radius 3 is 3.00 bits per heavy atom. The molecule has 0 bridgehead atoms. The summed E-state index contributed by atoms with van der Waals surface area (Å²) in [6, 6.07) is 4.45. The molecular weight excluding hydrogens is 319 g/mol. The molecule has 1 atom stereocenters. The van der Waals surface area contributed by atoms with Crippen molar-refractivity contribution in [3.05, 3.63) is 40.9 Å². The number of carbonyl (C=O) groups is 1. The first-order valence-corrected chi connectivity index (χ1v) is 8.04. The minimum Gasteiger partial charge on any atom is -0.350 e. The van der Waals surface area contributed by atoms with Crippen LogP contribution in [0.4, 0.5) is 4.39 Å². The Morgan fingerprint density at radius 1 is 1.52 bits per heavy atom. The van der Waals surface area contributed by atoms with Gasteiger partial charge in [-0.15, -0.1) is 5.10 Å². The number of amides is 1. The molecule has 1 aromatic heterocycles. The Morgan fingerprint density at radius 2 is 2.29 bits per heavy atom. The molecule has 0 aliphatic carbocycles. The highest BCUT2D eigenvalue weighted by Crippen LogP contribution is 2.20. The van der Waals surface area contributed by atoms with Gasteiger partial charge in [-0.1, -0.05) is 22.9 Å². The number of benzene rings is 1. The van der Waals surface area contributed by atoms with E-state index in [-0.39, 0.29) is 22.9 Å². The van der Waals surface area contributed by atoms with Gasteiger partial charge in [0, 0.05) is 29.4 Å². The van der Waals surface area contributed by atoms with Gasteiger partial charge in [0.05, 0.1) is 11.2 Å². The highest BCUT2D eigenvalue weighted by atomic mass is 35.5. The SMILES string of the molecule is C[S@@](=O)CCNC(=O)c1cn(-c2cccc(Cl)c2F)nn1. The van der Waals surface area contributed by atoms with Crippen LogP contribution in [0.1, 0.15) is 10.5 Å². The first-order valence-electron chi connectivity index (χ1n) is 5.94. The fourth-order valence-electron chi connectivity index (χ4n) is 1.55. The average Bonchev–Trinajstić information content (AvgIpc) is 2.91. The van der Waals surface area contributed by atoms with E-state index in [9.17, 15) is 13.4 Å². The second-order valence-electron chi connectivity index (χ2n) is 4.15. The van der Waals surface area contributed by atoms with Gasteiger partial charge in [0.15, 0.2) is 11.5 Å². The Kier molecular flexibility index (Phi) is 5.03. The summed E-state index contributed by atoms with van der Waals surface area (Å²) in [4.78, 5) is 11.8. The second kappa shape index (κ2) is 6.77. The van der Waals surface area contributed by atoms with Gasteiger partial charge in [0.1, 0.15) is 5.69 Å². The highest BCUT2D eigenvalue weighted by molar-refractivity contribution is 7.84. The van der Waals surface area contributed by atoms with Crippen molar-refractivity contribution in [3.8, 4) is 5.69 Å². The molecule has 0 saturated carbocycles. The van der Waals surface area contributed by atoms with E-state index >= 15 is 0 Å². The van der Waals surface area contributed by atoms with Crippen LogP contribution in [0.25, 0.3) is 5.69 Å². The summed E-state index contributed by atoms with van der Waals surface area (Å²) in [7, 11) is -0.989. The first kappa shape index (κ1) is 15.6. The lowest BCUT2D eigenvalue weighted by atomic mass is 10.3. The molecule has 0 unspecified atom stereocenters. The molecule has 1 amide bonds. The summed E-state index contributed by atoms with van der Waals surface area (Å²) in [6.07, 6.45) is 2.84. The van der Waals surface area contributed by atoms with E-state index in [1.165, 1.54) is 18.3 Å². The number of aromatic nitrogens is 3. The van der Waals surface area contributed by atoms with E-state index in [0.717, 1.165) is 4.68 Å². The van der Waals surface area contributed by atoms with Crippen molar-refractivity contribution in [3.63, 3.8) is 0 Å². The van der Waals surface area contributed by atoms with Gasteiger partial charge < -0.3 is 5.32 Å². The zero-order chi connectivity index (χ0) is 15.4. The monoisotopic (exact) mass is 330 g/mol. The van der Waals surface area contributed by atoms with Crippen LogP contribution < -0.4 is 5.32 Å². The maximum Gasteiger partial charge on any atom is 0.273 e. The molecule has 6 nitrogen and oxygen atoms in total. The molecule has 0 radical (unpaired) electrons. The minimum absolute atomic E-state index is 0.0382. The lowest BCUT2D eigenvalue weighted by molar-refractivity contribution is 0.0951. The first-order chi connectivity index (χ1) is 9.99. The third kappa shape index (κ3) is 3.85. The van der Waals surface area contributed by atoms with E-state index in [1.54, 1.807) is 12.3 Å². The molecule has 1 N–H and O–H groups in total. The van der Waals surface area contributed by atoms with Crippen molar-refractivity contribution in [2.75, 3.05) is 18.6 Å². The van der Waals surface area contributed by atoms with Crippen LogP contribution >= 0.6 is 11.6 Å². The van der Waals surface area contributed by atoms with Crippen LogP contribution in [0, 0.1) is 5.82 Å². The van der Waals surface area contributed by atoms with Gasteiger partial charge in [-0.25, -0.2) is 9.07 Å². The molecule has 0 aliphatic heterocycles. The molecular formula is C12H12ClFN4O2S. The van der Waals surface area contributed by atoms with Crippen molar-refractivity contribution in [1.82, 2.24) is 20.3 Å². The molecule has 0 fully saturated rings. The fourth-order valence-corrected chi connectivity index (χ4v) is 2.11. The topological polar surface area (TPSA) is 76.9 Å². The van der Waals surface area contributed by atoms with Crippen LogP contribution in [0.3, 0.4) is 0 Å². The molecule has 2 rings (SSSR count). The Balaban J connectivity index is 2.12. The summed E-state index contributed by atoms with van der Waals surface area (Å²) in [5, 5.41) is 9.89. The van der Waals surface area contributed by atoms with Crippen molar-refractivity contribution in [2.24, 2.45) is 0 Å². The van der Waals surface area contributed by atoms with Crippen molar-refractivity contribution in [1.29, 1.82) is 0 Å². The largest absolute Gasteiger partial charge is 0.350 e. The van der Waals surface area contributed by atoms with Crippen molar-refractivity contribution >= 4 is 28.3 Å². The molecule has 21 heavy (non-hydrogen) atoms. The third-order valence-electron chi connectivity index (χ3n) is 2.58. The summed E-state index contributed by atoms with van der Waals surface area (Å²) in [5.41, 5.74) is 0.139. The molecule has 0 saturated heterocycles. The van der Waals surface area contributed by atoms with E-state index in [0.29, 0.717) is 5.75 Å². The van der Waals surface area contributed by atoms with Gasteiger partial charge in [0.25, 0.3) is 5.91 Å². The van der Waals surface area contributed by atoms with Crippen molar-refractivity contribution < 1.29 is 13.4 Å². The number of carbonyl (C=O) groups excluding carboxylic acids is 1. The number of nitrogens with zero attached hydrogens (tertiary/aromatic N) is 3. The normalized spacial score (nSPS) is 12.1. The number of hydrogen-bond acceptors (Lipinski definition) is 4. The predicted molar refractivity (Wildman–Crippen MR) is 77.6 cm³/mol. The summed E-state index contributed by atoms with van der Waals surface area (Å²) in [6.45, 7) is 0.264. The smallest absolute Gasteiger partial charge is 0.273 e. The maximum atomic E-state index is 13.8. The average molecular weight is 331 g/mol. The molecule has 1 heterocycles. The summed E-state index contributed by atoms with van der Waals surface area (Å²) in [5.74, 6) is -0.755. The molecule has 9 heteroatoms. The van der Waals surface area contributed by atoms with E-state index in [1.807, 2.05) is 0 Å². The second-order valence-corrected chi connectivity index (χ2v) is 6.12. The number of hydrogen-bond donors (Lipinski definition) is 1. The molecule has 2 aromatic rings. The zero-order valence-electron chi connectivity index (χ0n) is 11.0. The summed E-state index contributed by atoms with van der Waals surface area (Å²) < 4.78 is 25.9. The predicted octanol–water partition coefficient (Wildman–Crippen LogP) is 1.17. The summed E-state index contributed by atoms with van der Waals surface area (Å²) >= 11 is 5.69. The fraction of sp³-hybridized carbons (Fsp3) is 0.250. The number of rotatable bonds is 5. The minimum atomic E-state index is -0.989. The van der Waals surface area contributed by atoms with Crippen LogP contribution in [0.15, 0.2) is 24.4 Å². The van der Waals surface area contributed by atoms with Crippen molar-refractivity contribution in [2.45, 2.75) is 0 Å². The van der Waals surface area contributed by atoms with Crippen LogP contribution in [0.2, 0.25) is 5.02 Å². The standard InChI is InChI=1S/C12H12ClFN4O2S/c1-21(20)6-5-15-12(19)9-7-18(17-16-9)10-4-2-3-8(13)11(10)14/h2-4,7H,5-6H2,1H3,(H,15,19)/t21-/m1/s1. The van der Waals surface area contributed by atoms with E-state index in [2.05, 4.69) is 15.6 Å². The lowest BCUT2D eigenvalue weighted by Gasteiger charge is -2.02. The molecule has 112 valence electrons. The molecule has 0 spiro atoms. The van der Waals surface area contributed by atoms with E-state index in [4.69, 9.17) is 11.6 Å². The quantitative estimate of drug-likeness (QED) is 0.892. The van der Waals surface area contributed by atoms with Gasteiger partial charge in [-0.3, -0.25) is 9.00 Å². The zero-order valence-corrected chi connectivity index (χ0v) is 12.6. The van der Waals surface area contributed by atoms with Crippen LogP contribution in [-0.2, 0) is 10.8 Å². The van der Waals surface area contributed by atoms with Gasteiger partial charge in [-0.2, -0.15) is 0 Å². The highest BCUT2D eigenvalue weighted by Gasteiger charge is 2.14. The Bertz CT molecular complexity index is 692. The lowest BCUT2D eigenvalue weighted by Crippen LogP contribution is -2.27. The molecule has 1 aromatic carbocycles. The van der Waals surface area contributed by atoms with Gasteiger partial charge in [-0.05, 0) is 12.1 Å². The van der Waals surface area contributed by atoms with Crippen LogP contribution in [-0.4, -0.2) is 43.7 Å². The van der Waals surface area contributed by atoms with Gasteiger partial charge in [0.2, 0.25) is 0 Å². The van der Waals surface area contributed by atoms with Crippen LogP contribution in [0.5, 0.6) is 0 Å². The molecule has 0 aliphatic rings. The Labute approximate surface area is 127 Å². The van der Waals surface area contributed by atoms with Gasteiger partial charge >= 0.3 is 0 Å².